The number of piperazine rings is 1. The molecule has 0 spiro atoms. The Kier molecular flexibility index (Phi) is 7.76. The topological polar surface area (TPSA) is 47.0 Å². The number of nitrogens with zero attached hydrogens (tertiary/aromatic N) is 5. The van der Waals surface area contributed by atoms with Gasteiger partial charge < -0.3 is 20.0 Å². The fourth-order valence-electron chi connectivity index (χ4n) is 2.67. The first kappa shape index (κ1) is 20.2. The number of hydrogen-bond acceptors (Lipinski definition) is 6. The maximum absolute atomic E-state index is 4.61. The van der Waals surface area contributed by atoms with Crippen molar-refractivity contribution in [1.29, 1.82) is 0 Å². The van der Waals surface area contributed by atoms with Gasteiger partial charge in [0.1, 0.15) is 0 Å². The number of halogens is 1. The van der Waals surface area contributed by atoms with Gasteiger partial charge in [-0.15, -0.1) is 46.7 Å². The zero-order valence-electron chi connectivity index (χ0n) is 14.8. The van der Waals surface area contributed by atoms with Gasteiger partial charge in [-0.3, -0.25) is 4.99 Å². The maximum atomic E-state index is 4.61. The van der Waals surface area contributed by atoms with Gasteiger partial charge in [0.2, 0.25) is 0 Å². The summed E-state index contributed by atoms with van der Waals surface area (Å²) in [6, 6.07) is 4.31. The molecule has 0 unspecified atom stereocenters. The molecule has 3 rings (SSSR count). The second kappa shape index (κ2) is 9.58. The van der Waals surface area contributed by atoms with Crippen LogP contribution in [0.5, 0.6) is 0 Å². The molecule has 0 saturated carbocycles. The fraction of sp³-hybridized carbons (Fsp3) is 0.500. The predicted molar refractivity (Wildman–Crippen MR) is 120 cm³/mol. The minimum absolute atomic E-state index is 0. The van der Waals surface area contributed by atoms with E-state index in [9.17, 15) is 0 Å². The lowest BCUT2D eigenvalue weighted by atomic mass is 10.3. The molecule has 2 aromatic rings. The summed E-state index contributed by atoms with van der Waals surface area (Å²) < 4.78 is 0. The average molecular weight is 492 g/mol. The molecule has 1 saturated heterocycles. The molecule has 1 fully saturated rings. The third-order valence-corrected chi connectivity index (χ3v) is 5.94. The summed E-state index contributed by atoms with van der Waals surface area (Å²) in [6.45, 7) is 4.74. The van der Waals surface area contributed by atoms with Crippen LogP contribution in [0.2, 0.25) is 0 Å². The van der Waals surface area contributed by atoms with E-state index in [0.29, 0.717) is 6.54 Å². The summed E-state index contributed by atoms with van der Waals surface area (Å²) in [5.74, 6) is 0.959. The van der Waals surface area contributed by atoms with Gasteiger partial charge in [-0.2, -0.15) is 0 Å². The number of aromatic nitrogens is 1. The van der Waals surface area contributed by atoms with Crippen molar-refractivity contribution in [3.8, 4) is 0 Å². The van der Waals surface area contributed by atoms with Crippen LogP contribution in [-0.4, -0.2) is 63.2 Å². The largest absolute Gasteiger partial charge is 0.360 e. The summed E-state index contributed by atoms with van der Waals surface area (Å²) in [6.07, 6.45) is 0. The van der Waals surface area contributed by atoms with Gasteiger partial charge in [0.25, 0.3) is 0 Å². The van der Waals surface area contributed by atoms with Crippen molar-refractivity contribution in [3.63, 3.8) is 0 Å². The lowest BCUT2D eigenvalue weighted by Gasteiger charge is -2.36. The van der Waals surface area contributed by atoms with E-state index in [2.05, 4.69) is 48.0 Å². The fourth-order valence-corrected chi connectivity index (χ4v) is 4.22. The lowest BCUT2D eigenvalue weighted by molar-refractivity contribution is 0.373. The number of aliphatic imine (C=N–C) groups is 1. The molecular weight excluding hydrogens is 467 g/mol. The van der Waals surface area contributed by atoms with Crippen LogP contribution in [0, 0.1) is 0 Å². The first-order chi connectivity index (χ1) is 11.7. The zero-order chi connectivity index (χ0) is 16.9. The number of hydrogen-bond donors (Lipinski definition) is 1. The Balaban J connectivity index is 0.00000225. The third-order valence-electron chi connectivity index (χ3n) is 3.96. The van der Waals surface area contributed by atoms with Gasteiger partial charge in [-0.25, -0.2) is 4.98 Å². The Morgan fingerprint density at radius 2 is 2.04 bits per heavy atom. The molecule has 1 aliphatic rings. The molecule has 1 N–H and O–H groups in total. The molecule has 9 heteroatoms. The highest BCUT2D eigenvalue weighted by Gasteiger charge is 2.20. The van der Waals surface area contributed by atoms with E-state index in [0.717, 1.165) is 43.0 Å². The van der Waals surface area contributed by atoms with Crippen LogP contribution in [0.25, 0.3) is 0 Å². The molecule has 3 heterocycles. The first-order valence-corrected chi connectivity index (χ1v) is 9.79. The Morgan fingerprint density at radius 3 is 2.60 bits per heavy atom. The second-order valence-corrected chi connectivity index (χ2v) is 7.60. The van der Waals surface area contributed by atoms with Crippen LogP contribution in [0.3, 0.4) is 0 Å². The van der Waals surface area contributed by atoms with Gasteiger partial charge in [0.15, 0.2) is 11.1 Å². The second-order valence-electron chi connectivity index (χ2n) is 5.84. The molecule has 6 nitrogen and oxygen atoms in total. The number of nitrogens with one attached hydrogen (secondary N) is 1. The van der Waals surface area contributed by atoms with Crippen LogP contribution in [-0.2, 0) is 6.54 Å². The molecule has 25 heavy (non-hydrogen) atoms. The Bertz CT molecular complexity index is 662. The highest BCUT2D eigenvalue weighted by molar-refractivity contribution is 14.0. The molecule has 0 aromatic carbocycles. The number of rotatable bonds is 4. The number of thiophene rings is 1. The van der Waals surface area contributed by atoms with Crippen molar-refractivity contribution in [1.82, 2.24) is 15.2 Å². The molecule has 0 amide bonds. The number of guanidine groups is 1. The molecule has 0 radical (unpaired) electrons. The molecule has 0 aliphatic carbocycles. The van der Waals surface area contributed by atoms with Crippen molar-refractivity contribution < 1.29 is 0 Å². The standard InChI is InChI=1S/C16H24N6S2.HI/c1-17-15(18-11-13-12-24-16(19-13)20(2)3)22-8-6-21(7-9-22)14-5-4-10-23-14;/h4-5,10,12H,6-9,11H2,1-3H3,(H,17,18);1H. The monoisotopic (exact) mass is 492 g/mol. The smallest absolute Gasteiger partial charge is 0.194 e. The van der Waals surface area contributed by atoms with Crippen molar-refractivity contribution >= 4 is 62.7 Å². The van der Waals surface area contributed by atoms with Gasteiger partial charge in [-0.1, -0.05) is 0 Å². The van der Waals surface area contributed by atoms with E-state index in [-0.39, 0.29) is 24.0 Å². The van der Waals surface area contributed by atoms with E-state index in [1.54, 1.807) is 11.3 Å². The highest BCUT2D eigenvalue weighted by Crippen LogP contribution is 2.22. The number of thiazole rings is 1. The summed E-state index contributed by atoms with van der Waals surface area (Å²) in [7, 11) is 5.88. The number of anilines is 2. The van der Waals surface area contributed by atoms with Crippen LogP contribution in [0.1, 0.15) is 5.69 Å². The normalized spacial score (nSPS) is 15.1. The molecule has 138 valence electrons. The Morgan fingerprint density at radius 1 is 1.28 bits per heavy atom. The molecular formula is C16H25IN6S2. The summed E-state index contributed by atoms with van der Waals surface area (Å²) >= 11 is 3.47. The van der Waals surface area contributed by atoms with Crippen molar-refractivity contribution in [3.05, 3.63) is 28.6 Å². The van der Waals surface area contributed by atoms with Gasteiger partial charge >= 0.3 is 0 Å². The van der Waals surface area contributed by atoms with Gasteiger partial charge in [-0.05, 0) is 17.5 Å². The van der Waals surface area contributed by atoms with E-state index >= 15 is 0 Å². The van der Waals surface area contributed by atoms with Gasteiger partial charge in [0.05, 0.1) is 17.2 Å². The quantitative estimate of drug-likeness (QED) is 0.404. The van der Waals surface area contributed by atoms with E-state index in [1.807, 2.05) is 37.4 Å². The molecule has 1 aliphatic heterocycles. The van der Waals surface area contributed by atoms with Crippen LogP contribution in [0.4, 0.5) is 10.1 Å². The minimum atomic E-state index is 0. The first-order valence-electron chi connectivity index (χ1n) is 8.03. The van der Waals surface area contributed by atoms with Crippen LogP contribution < -0.4 is 15.1 Å². The molecule has 0 bridgehead atoms. The van der Waals surface area contributed by atoms with Crippen LogP contribution >= 0.6 is 46.7 Å². The average Bonchev–Trinajstić information content (AvgIpc) is 3.28. The van der Waals surface area contributed by atoms with Crippen molar-refractivity contribution in [2.45, 2.75) is 6.54 Å². The maximum Gasteiger partial charge on any atom is 0.194 e. The lowest BCUT2D eigenvalue weighted by Crippen LogP contribution is -2.52. The summed E-state index contributed by atoms with van der Waals surface area (Å²) in [5.41, 5.74) is 1.06. The summed E-state index contributed by atoms with van der Waals surface area (Å²) in [5, 5.41) is 10.1. The van der Waals surface area contributed by atoms with Crippen LogP contribution in [0.15, 0.2) is 27.9 Å². The Labute approximate surface area is 174 Å². The minimum Gasteiger partial charge on any atom is -0.360 e. The van der Waals surface area contributed by atoms with E-state index in [4.69, 9.17) is 0 Å². The van der Waals surface area contributed by atoms with Crippen molar-refractivity contribution in [2.75, 3.05) is 57.1 Å². The van der Waals surface area contributed by atoms with E-state index in [1.165, 1.54) is 5.00 Å². The molecule has 2 aromatic heterocycles. The summed E-state index contributed by atoms with van der Waals surface area (Å²) in [4.78, 5) is 15.8. The van der Waals surface area contributed by atoms with Crippen molar-refractivity contribution in [2.24, 2.45) is 4.99 Å². The Hall–Kier alpha value is -1.07. The third kappa shape index (κ3) is 5.20. The predicted octanol–water partition coefficient (Wildman–Crippen LogP) is 2.79. The highest BCUT2D eigenvalue weighted by atomic mass is 127. The van der Waals surface area contributed by atoms with Gasteiger partial charge in [0, 0.05) is 52.7 Å². The van der Waals surface area contributed by atoms with E-state index < -0.39 is 0 Å². The zero-order valence-corrected chi connectivity index (χ0v) is 18.8. The SMILES string of the molecule is CN=C(NCc1csc(N(C)C)n1)N1CCN(c2cccs2)CC1.I. The molecule has 0 atom stereocenters.